The van der Waals surface area contributed by atoms with Crippen LogP contribution in [0.1, 0.15) is 42.4 Å². The van der Waals surface area contributed by atoms with Gasteiger partial charge in [0.2, 0.25) is 5.91 Å². The van der Waals surface area contributed by atoms with E-state index in [4.69, 9.17) is 5.11 Å². The lowest BCUT2D eigenvalue weighted by atomic mass is 9.94. The highest BCUT2D eigenvalue weighted by Gasteiger charge is 2.20. The summed E-state index contributed by atoms with van der Waals surface area (Å²) in [5.74, 6) is -1.79. The third-order valence-electron chi connectivity index (χ3n) is 6.41. The highest BCUT2D eigenvalue weighted by atomic mass is 32.2. The fourth-order valence-corrected chi connectivity index (χ4v) is 5.78. The zero-order chi connectivity index (χ0) is 26.4. The molecule has 0 aromatic heterocycles. The van der Waals surface area contributed by atoms with Crippen LogP contribution >= 0.6 is 0 Å². The first-order valence-corrected chi connectivity index (χ1v) is 13.8. The van der Waals surface area contributed by atoms with Gasteiger partial charge in [-0.2, -0.15) is 0 Å². The van der Waals surface area contributed by atoms with Crippen LogP contribution in [0.4, 0.5) is 5.69 Å². The number of carboxylic acid groups (broad SMARTS) is 1. The predicted molar refractivity (Wildman–Crippen MR) is 145 cm³/mol. The number of rotatable bonds is 10. The van der Waals surface area contributed by atoms with Gasteiger partial charge in [0, 0.05) is 12.1 Å². The van der Waals surface area contributed by atoms with Gasteiger partial charge in [-0.05, 0) is 65.4 Å². The van der Waals surface area contributed by atoms with Gasteiger partial charge in [0.1, 0.15) is 0 Å². The van der Waals surface area contributed by atoms with Crippen LogP contribution < -0.4 is 5.32 Å². The maximum absolute atomic E-state index is 13.4. The summed E-state index contributed by atoms with van der Waals surface area (Å²) in [6.07, 6.45) is 0.846. The minimum absolute atomic E-state index is 0.00390. The van der Waals surface area contributed by atoms with E-state index in [0.29, 0.717) is 24.1 Å². The second-order valence-electron chi connectivity index (χ2n) is 9.09. The first kappa shape index (κ1) is 26.1. The number of carbonyl (C=O) groups is 2. The normalized spacial score (nSPS) is 12.2. The summed E-state index contributed by atoms with van der Waals surface area (Å²) in [6.45, 7) is 1.84. The number of carboxylic acids is 1. The van der Waals surface area contributed by atoms with Gasteiger partial charge in [-0.1, -0.05) is 72.8 Å². The highest BCUT2D eigenvalue weighted by Crippen LogP contribution is 2.29. The molecular weight excluding hydrogens is 486 g/mol. The molecule has 0 heterocycles. The van der Waals surface area contributed by atoms with Crippen molar-refractivity contribution in [3.8, 4) is 0 Å². The Bertz CT molecular complexity index is 1530. The van der Waals surface area contributed by atoms with Gasteiger partial charge in [-0.3, -0.25) is 9.59 Å². The second kappa shape index (κ2) is 11.4. The molecule has 190 valence electrons. The van der Waals surface area contributed by atoms with E-state index in [2.05, 4.69) is 5.32 Å². The Balaban J connectivity index is 1.62. The van der Waals surface area contributed by atoms with E-state index in [1.807, 2.05) is 49.4 Å². The molecular formula is C30H29NO5S. The van der Waals surface area contributed by atoms with E-state index in [1.54, 1.807) is 48.5 Å². The Labute approximate surface area is 216 Å². The minimum atomic E-state index is -3.57. The third-order valence-corrected chi connectivity index (χ3v) is 8.11. The van der Waals surface area contributed by atoms with E-state index in [0.717, 1.165) is 21.9 Å². The molecule has 0 aliphatic rings. The molecule has 0 aliphatic heterocycles. The molecule has 0 bridgehead atoms. The Morgan fingerprint density at radius 2 is 1.59 bits per heavy atom. The summed E-state index contributed by atoms with van der Waals surface area (Å²) in [6, 6.07) is 27.2. The summed E-state index contributed by atoms with van der Waals surface area (Å²) >= 11 is 0. The molecule has 1 unspecified atom stereocenters. The summed E-state index contributed by atoms with van der Waals surface area (Å²) in [7, 11) is -3.57. The summed E-state index contributed by atoms with van der Waals surface area (Å²) in [5.41, 5.74) is 2.70. The van der Waals surface area contributed by atoms with Crippen LogP contribution in [0.3, 0.4) is 0 Å². The van der Waals surface area contributed by atoms with Crippen LogP contribution in [0.25, 0.3) is 10.8 Å². The van der Waals surface area contributed by atoms with Crippen molar-refractivity contribution in [1.82, 2.24) is 0 Å². The molecule has 0 fully saturated rings. The molecule has 6 nitrogen and oxygen atoms in total. The van der Waals surface area contributed by atoms with Gasteiger partial charge < -0.3 is 10.4 Å². The zero-order valence-corrected chi connectivity index (χ0v) is 21.4. The van der Waals surface area contributed by atoms with Crippen LogP contribution in [0.5, 0.6) is 0 Å². The number of fused-ring (bicyclic) bond motifs is 1. The van der Waals surface area contributed by atoms with Crippen molar-refractivity contribution in [1.29, 1.82) is 0 Å². The van der Waals surface area contributed by atoms with Crippen molar-refractivity contribution < 1.29 is 23.1 Å². The van der Waals surface area contributed by atoms with Crippen LogP contribution in [-0.2, 0) is 31.6 Å². The van der Waals surface area contributed by atoms with E-state index in [1.165, 1.54) is 0 Å². The standard InChI is InChI=1S/C30H29NO5S/c1-21(26-15-7-10-23-9-5-6-14-27(23)26)30(34)31-28-19-22(17-18-24(28)11-8-16-29(32)33)20-37(35,36)25-12-3-2-4-13-25/h2-7,9-10,12-15,17-19,21H,8,11,16,20H2,1H3,(H,31,34)(H,32,33). The molecule has 1 amide bonds. The van der Waals surface area contributed by atoms with E-state index in [-0.39, 0.29) is 23.0 Å². The molecule has 4 aromatic rings. The number of amides is 1. The van der Waals surface area contributed by atoms with Gasteiger partial charge in [-0.15, -0.1) is 0 Å². The van der Waals surface area contributed by atoms with E-state index in [9.17, 15) is 18.0 Å². The Hall–Kier alpha value is -3.97. The van der Waals surface area contributed by atoms with Crippen LogP contribution in [-0.4, -0.2) is 25.4 Å². The van der Waals surface area contributed by atoms with E-state index < -0.39 is 21.7 Å². The van der Waals surface area contributed by atoms with Gasteiger partial charge in [0.05, 0.1) is 16.6 Å². The van der Waals surface area contributed by atoms with Gasteiger partial charge >= 0.3 is 5.97 Å². The molecule has 2 N–H and O–H groups in total. The quantitative estimate of drug-likeness (QED) is 0.271. The van der Waals surface area contributed by atoms with Crippen LogP contribution in [0.2, 0.25) is 0 Å². The fraction of sp³-hybridized carbons (Fsp3) is 0.200. The Morgan fingerprint density at radius 1 is 0.892 bits per heavy atom. The lowest BCUT2D eigenvalue weighted by Gasteiger charge is -2.18. The van der Waals surface area contributed by atoms with Crippen molar-refractivity contribution in [3.63, 3.8) is 0 Å². The monoisotopic (exact) mass is 515 g/mol. The number of aryl methyl sites for hydroxylation is 1. The average molecular weight is 516 g/mol. The number of aliphatic carboxylic acids is 1. The minimum Gasteiger partial charge on any atom is -0.481 e. The summed E-state index contributed by atoms with van der Waals surface area (Å²) < 4.78 is 25.9. The largest absolute Gasteiger partial charge is 0.481 e. The molecule has 37 heavy (non-hydrogen) atoms. The molecule has 4 aromatic carbocycles. The molecule has 0 saturated heterocycles. The van der Waals surface area contributed by atoms with Gasteiger partial charge in [-0.25, -0.2) is 8.42 Å². The topological polar surface area (TPSA) is 101 Å². The molecule has 7 heteroatoms. The molecule has 1 atom stereocenters. The molecule has 0 radical (unpaired) electrons. The Kier molecular flexibility index (Phi) is 8.04. The van der Waals surface area contributed by atoms with Crippen molar-refractivity contribution >= 4 is 38.2 Å². The second-order valence-corrected chi connectivity index (χ2v) is 11.1. The summed E-state index contributed by atoms with van der Waals surface area (Å²) in [5, 5.41) is 14.1. The number of carbonyl (C=O) groups excluding carboxylic acids is 1. The van der Waals surface area contributed by atoms with Gasteiger partial charge in [0.15, 0.2) is 9.84 Å². The smallest absolute Gasteiger partial charge is 0.303 e. The van der Waals surface area contributed by atoms with Crippen molar-refractivity contribution in [2.45, 2.75) is 42.8 Å². The average Bonchev–Trinajstić information content (AvgIpc) is 2.89. The highest BCUT2D eigenvalue weighted by molar-refractivity contribution is 7.90. The van der Waals surface area contributed by atoms with Crippen LogP contribution in [0, 0.1) is 0 Å². The molecule has 0 spiro atoms. The lowest BCUT2D eigenvalue weighted by Crippen LogP contribution is -2.20. The lowest BCUT2D eigenvalue weighted by molar-refractivity contribution is -0.137. The van der Waals surface area contributed by atoms with Crippen molar-refractivity contribution in [2.24, 2.45) is 0 Å². The SMILES string of the molecule is CC(C(=O)Nc1cc(CS(=O)(=O)c2ccccc2)ccc1CCCC(=O)O)c1cccc2ccccc12. The number of benzene rings is 4. The molecule has 0 saturated carbocycles. The van der Waals surface area contributed by atoms with Gasteiger partial charge in [0.25, 0.3) is 0 Å². The number of hydrogen-bond acceptors (Lipinski definition) is 4. The number of nitrogens with one attached hydrogen (secondary N) is 1. The third kappa shape index (κ3) is 6.43. The first-order valence-electron chi connectivity index (χ1n) is 12.1. The predicted octanol–water partition coefficient (Wildman–Crippen LogP) is 5.96. The number of hydrogen-bond donors (Lipinski definition) is 2. The Morgan fingerprint density at radius 3 is 2.35 bits per heavy atom. The van der Waals surface area contributed by atoms with Crippen LogP contribution in [0.15, 0.2) is 95.9 Å². The maximum Gasteiger partial charge on any atom is 0.303 e. The fourth-order valence-electron chi connectivity index (χ4n) is 4.42. The number of anilines is 1. The maximum atomic E-state index is 13.4. The number of sulfone groups is 1. The zero-order valence-electron chi connectivity index (χ0n) is 20.6. The molecule has 0 aliphatic carbocycles. The van der Waals surface area contributed by atoms with Crippen molar-refractivity contribution in [3.05, 3.63) is 108 Å². The summed E-state index contributed by atoms with van der Waals surface area (Å²) in [4.78, 5) is 24.6. The molecule has 4 rings (SSSR count). The first-order chi connectivity index (χ1) is 17.7. The van der Waals surface area contributed by atoms with E-state index >= 15 is 0 Å². The van der Waals surface area contributed by atoms with Crippen molar-refractivity contribution in [2.75, 3.05) is 5.32 Å².